The second-order valence-corrected chi connectivity index (χ2v) is 4.67. The van der Waals surface area contributed by atoms with Crippen LogP contribution in [0.1, 0.15) is 43.1 Å². The molecule has 0 radical (unpaired) electrons. The first-order valence-electron chi connectivity index (χ1n) is 5.98. The summed E-state index contributed by atoms with van der Waals surface area (Å²) in [7, 11) is 0. The molecule has 1 fully saturated rings. The smallest absolute Gasteiger partial charge is 0.354 e. The van der Waals surface area contributed by atoms with Gasteiger partial charge in [-0.1, -0.05) is 6.92 Å². The number of carboxylic acids is 1. The summed E-state index contributed by atoms with van der Waals surface area (Å²) in [6, 6.07) is 1.77. The Labute approximate surface area is 100 Å². The molecule has 1 aliphatic rings. The van der Waals surface area contributed by atoms with E-state index in [4.69, 9.17) is 5.11 Å². The summed E-state index contributed by atoms with van der Waals surface area (Å²) >= 11 is 0. The topological polar surface area (TPSA) is 75.1 Å². The van der Waals surface area contributed by atoms with Crippen molar-refractivity contribution in [2.75, 3.05) is 5.32 Å². The zero-order valence-corrected chi connectivity index (χ0v) is 9.89. The molecule has 0 aromatic carbocycles. The van der Waals surface area contributed by atoms with E-state index in [1.165, 1.54) is 25.1 Å². The maximum absolute atomic E-state index is 10.8. The van der Waals surface area contributed by atoms with Crippen LogP contribution in [-0.2, 0) is 0 Å². The Bertz CT molecular complexity index is 400. The van der Waals surface area contributed by atoms with E-state index < -0.39 is 5.97 Å². The Kier molecular flexibility index (Phi) is 3.56. The van der Waals surface area contributed by atoms with Crippen LogP contribution in [0.15, 0.2) is 12.3 Å². The fraction of sp³-hybridized carbons (Fsp3) is 0.583. The van der Waals surface area contributed by atoms with Gasteiger partial charge in [0.1, 0.15) is 0 Å². The highest BCUT2D eigenvalue weighted by molar-refractivity contribution is 5.85. The number of hydrogen-bond acceptors (Lipinski definition) is 4. The van der Waals surface area contributed by atoms with Crippen molar-refractivity contribution in [3.8, 4) is 0 Å². The van der Waals surface area contributed by atoms with E-state index in [1.54, 1.807) is 0 Å². The Morgan fingerprint density at radius 2 is 2.12 bits per heavy atom. The summed E-state index contributed by atoms with van der Waals surface area (Å²) in [5.74, 6) is 0.191. The van der Waals surface area contributed by atoms with E-state index in [2.05, 4.69) is 22.2 Å². The lowest BCUT2D eigenvalue weighted by Crippen LogP contribution is -2.26. The van der Waals surface area contributed by atoms with Crippen molar-refractivity contribution >= 4 is 11.9 Å². The van der Waals surface area contributed by atoms with Crippen LogP contribution < -0.4 is 5.32 Å². The molecule has 1 saturated carbocycles. The van der Waals surface area contributed by atoms with Crippen LogP contribution in [0.3, 0.4) is 0 Å². The second-order valence-electron chi connectivity index (χ2n) is 4.67. The quantitative estimate of drug-likeness (QED) is 0.839. The van der Waals surface area contributed by atoms with E-state index in [9.17, 15) is 4.79 Å². The minimum absolute atomic E-state index is 0.0340. The number of nitrogens with one attached hydrogen (secondary N) is 1. The predicted molar refractivity (Wildman–Crippen MR) is 64.0 cm³/mol. The van der Waals surface area contributed by atoms with Crippen LogP contribution in [0.25, 0.3) is 0 Å². The number of aromatic nitrogens is 2. The van der Waals surface area contributed by atoms with E-state index >= 15 is 0 Å². The van der Waals surface area contributed by atoms with E-state index in [0.29, 0.717) is 12.0 Å². The number of carboxylic acid groups (broad SMARTS) is 1. The van der Waals surface area contributed by atoms with Gasteiger partial charge in [-0.05, 0) is 37.7 Å². The fourth-order valence-electron chi connectivity index (χ4n) is 2.13. The molecule has 0 amide bonds. The average molecular weight is 235 g/mol. The summed E-state index contributed by atoms with van der Waals surface area (Å²) in [6.45, 7) is 2.26. The van der Waals surface area contributed by atoms with Gasteiger partial charge in [0, 0.05) is 12.2 Å². The van der Waals surface area contributed by atoms with Crippen LogP contribution in [0.4, 0.5) is 5.95 Å². The first-order chi connectivity index (χ1) is 8.15. The molecule has 5 nitrogen and oxygen atoms in total. The molecule has 0 bridgehead atoms. The Hall–Kier alpha value is -1.65. The second kappa shape index (κ2) is 5.12. The SMILES string of the molecule is CC1CCC(Nc2nccc(C(=O)O)n2)CC1. The third-order valence-corrected chi connectivity index (χ3v) is 3.22. The minimum atomic E-state index is -1.02. The Morgan fingerprint density at radius 3 is 2.76 bits per heavy atom. The van der Waals surface area contributed by atoms with Gasteiger partial charge in [-0.2, -0.15) is 0 Å². The van der Waals surface area contributed by atoms with Crippen LogP contribution in [-0.4, -0.2) is 27.1 Å². The minimum Gasteiger partial charge on any atom is -0.477 e. The van der Waals surface area contributed by atoms with Gasteiger partial charge in [0.15, 0.2) is 5.69 Å². The molecule has 0 unspecified atom stereocenters. The van der Waals surface area contributed by atoms with Crippen LogP contribution in [0.5, 0.6) is 0 Å². The van der Waals surface area contributed by atoms with Gasteiger partial charge in [-0.3, -0.25) is 0 Å². The van der Waals surface area contributed by atoms with Crippen molar-refractivity contribution < 1.29 is 9.90 Å². The summed E-state index contributed by atoms with van der Waals surface area (Å²) < 4.78 is 0. The van der Waals surface area contributed by atoms with Gasteiger partial charge < -0.3 is 10.4 Å². The van der Waals surface area contributed by atoms with Crippen LogP contribution in [0.2, 0.25) is 0 Å². The van der Waals surface area contributed by atoms with E-state index in [-0.39, 0.29) is 5.69 Å². The van der Waals surface area contributed by atoms with Gasteiger partial charge >= 0.3 is 5.97 Å². The highest BCUT2D eigenvalue weighted by Gasteiger charge is 2.18. The third-order valence-electron chi connectivity index (χ3n) is 3.22. The average Bonchev–Trinajstić information content (AvgIpc) is 2.32. The molecule has 0 atom stereocenters. The number of rotatable bonds is 3. The molecule has 0 saturated heterocycles. The summed E-state index contributed by atoms with van der Waals surface area (Å²) in [6.07, 6.45) is 6.08. The molecule has 92 valence electrons. The molecule has 1 aromatic heterocycles. The summed E-state index contributed by atoms with van der Waals surface area (Å²) in [4.78, 5) is 18.8. The maximum Gasteiger partial charge on any atom is 0.354 e. The molecular weight excluding hydrogens is 218 g/mol. The van der Waals surface area contributed by atoms with Crippen molar-refractivity contribution in [1.82, 2.24) is 9.97 Å². The van der Waals surface area contributed by atoms with Crippen molar-refractivity contribution in [3.05, 3.63) is 18.0 Å². The molecule has 2 N–H and O–H groups in total. The molecule has 0 spiro atoms. The first-order valence-corrected chi connectivity index (χ1v) is 5.98. The molecule has 17 heavy (non-hydrogen) atoms. The summed E-state index contributed by atoms with van der Waals surface area (Å²) in [5, 5.41) is 12.0. The van der Waals surface area contributed by atoms with Gasteiger partial charge in [-0.25, -0.2) is 14.8 Å². The molecule has 1 aromatic rings. The third kappa shape index (κ3) is 3.15. The standard InChI is InChI=1S/C12H17N3O2/c1-8-2-4-9(5-3-8)14-12-13-7-6-10(15-12)11(16)17/h6-9H,2-5H2,1H3,(H,16,17)(H,13,14,15). The highest BCUT2D eigenvalue weighted by Crippen LogP contribution is 2.25. The highest BCUT2D eigenvalue weighted by atomic mass is 16.4. The predicted octanol–water partition coefficient (Wildman–Crippen LogP) is 2.17. The molecule has 0 aliphatic heterocycles. The van der Waals surface area contributed by atoms with Crippen LogP contribution >= 0.6 is 0 Å². The first kappa shape index (κ1) is 11.8. The Morgan fingerprint density at radius 1 is 1.41 bits per heavy atom. The number of aromatic carboxylic acids is 1. The summed E-state index contributed by atoms with van der Waals surface area (Å²) in [5.41, 5.74) is 0.0340. The number of hydrogen-bond donors (Lipinski definition) is 2. The zero-order valence-electron chi connectivity index (χ0n) is 9.89. The van der Waals surface area contributed by atoms with Crippen molar-refractivity contribution in [2.45, 2.75) is 38.6 Å². The van der Waals surface area contributed by atoms with Crippen LogP contribution in [0, 0.1) is 5.92 Å². The largest absolute Gasteiger partial charge is 0.477 e. The molecule has 1 heterocycles. The maximum atomic E-state index is 10.8. The fourth-order valence-corrected chi connectivity index (χ4v) is 2.13. The lowest BCUT2D eigenvalue weighted by atomic mass is 9.87. The molecular formula is C12H17N3O2. The molecule has 2 rings (SSSR count). The van der Waals surface area contributed by atoms with E-state index in [1.807, 2.05) is 0 Å². The number of nitrogens with zero attached hydrogens (tertiary/aromatic N) is 2. The lowest BCUT2D eigenvalue weighted by Gasteiger charge is -2.26. The number of anilines is 1. The van der Waals surface area contributed by atoms with Gasteiger partial charge in [0.05, 0.1) is 0 Å². The zero-order chi connectivity index (χ0) is 12.3. The van der Waals surface area contributed by atoms with Gasteiger partial charge in [0.25, 0.3) is 0 Å². The lowest BCUT2D eigenvalue weighted by molar-refractivity contribution is 0.0690. The van der Waals surface area contributed by atoms with Crippen molar-refractivity contribution in [1.29, 1.82) is 0 Å². The van der Waals surface area contributed by atoms with Gasteiger partial charge in [-0.15, -0.1) is 0 Å². The Balaban J connectivity index is 1.98. The number of carbonyl (C=O) groups is 1. The van der Waals surface area contributed by atoms with E-state index in [0.717, 1.165) is 18.8 Å². The molecule has 1 aliphatic carbocycles. The normalized spacial score (nSPS) is 24.3. The molecule has 5 heteroatoms. The monoisotopic (exact) mass is 235 g/mol. The van der Waals surface area contributed by atoms with Crippen molar-refractivity contribution in [2.24, 2.45) is 5.92 Å². The van der Waals surface area contributed by atoms with Gasteiger partial charge in [0.2, 0.25) is 5.95 Å². The van der Waals surface area contributed by atoms with Crippen molar-refractivity contribution in [3.63, 3.8) is 0 Å².